The summed E-state index contributed by atoms with van der Waals surface area (Å²) in [5.74, 6) is -0.451. The van der Waals surface area contributed by atoms with Gasteiger partial charge in [-0.1, -0.05) is 25.1 Å². The first kappa shape index (κ1) is 20.9. The quantitative estimate of drug-likeness (QED) is 0.511. The van der Waals surface area contributed by atoms with Crippen LogP contribution in [0.4, 0.5) is 4.79 Å². The Morgan fingerprint density at radius 2 is 1.97 bits per heavy atom. The largest absolute Gasteiger partial charge is 0.493 e. The molecule has 1 heterocycles. The molecule has 8 heteroatoms. The monoisotopic (exact) mass is 410 g/mol. The molecule has 2 aromatic carbocycles. The molecule has 0 unspecified atom stereocenters. The summed E-state index contributed by atoms with van der Waals surface area (Å²) in [6, 6.07) is 11.2. The Balaban J connectivity index is 1.75. The second-order valence-electron chi connectivity index (χ2n) is 6.65. The summed E-state index contributed by atoms with van der Waals surface area (Å²) < 4.78 is 11.2. The molecule has 1 aliphatic heterocycles. The van der Waals surface area contributed by atoms with Crippen LogP contribution in [0, 0.1) is 0 Å². The molecule has 1 fully saturated rings. The van der Waals surface area contributed by atoms with Gasteiger partial charge >= 0.3 is 12.0 Å². The minimum atomic E-state index is -1.00. The number of nitrogens with zero attached hydrogens (tertiary/aromatic N) is 1. The maximum absolute atomic E-state index is 12.3. The number of hydrogen-bond donors (Lipinski definition) is 2. The molecule has 0 aromatic heterocycles. The van der Waals surface area contributed by atoms with Crippen molar-refractivity contribution in [1.29, 1.82) is 0 Å². The second-order valence-corrected chi connectivity index (χ2v) is 6.65. The second kappa shape index (κ2) is 9.13. The van der Waals surface area contributed by atoms with Crippen molar-refractivity contribution in [3.8, 4) is 11.5 Å². The van der Waals surface area contributed by atoms with Crippen LogP contribution in [0.3, 0.4) is 0 Å². The van der Waals surface area contributed by atoms with E-state index in [1.54, 1.807) is 42.5 Å². The van der Waals surface area contributed by atoms with E-state index in [2.05, 4.69) is 5.32 Å². The van der Waals surface area contributed by atoms with Crippen molar-refractivity contribution in [3.05, 3.63) is 64.9 Å². The van der Waals surface area contributed by atoms with E-state index in [9.17, 15) is 14.4 Å². The predicted octanol–water partition coefficient (Wildman–Crippen LogP) is 3.28. The predicted molar refractivity (Wildman–Crippen MR) is 109 cm³/mol. The zero-order valence-electron chi connectivity index (χ0n) is 16.7. The van der Waals surface area contributed by atoms with Crippen LogP contribution >= 0.6 is 0 Å². The summed E-state index contributed by atoms with van der Waals surface area (Å²) in [6.45, 7) is 2.42. The topological polar surface area (TPSA) is 105 Å². The maximum atomic E-state index is 12.3. The molecular weight excluding hydrogens is 388 g/mol. The van der Waals surface area contributed by atoms with E-state index in [4.69, 9.17) is 14.6 Å². The number of carboxylic acid groups (broad SMARTS) is 1. The van der Waals surface area contributed by atoms with Crippen LogP contribution in [-0.4, -0.2) is 41.6 Å². The third kappa shape index (κ3) is 4.60. The molecule has 3 amide bonds. The minimum Gasteiger partial charge on any atom is -0.493 e. The van der Waals surface area contributed by atoms with Gasteiger partial charge in [0.25, 0.3) is 5.91 Å². The lowest BCUT2D eigenvalue weighted by molar-refractivity contribution is -0.122. The lowest BCUT2D eigenvalue weighted by Crippen LogP contribution is -2.31. The van der Waals surface area contributed by atoms with Gasteiger partial charge < -0.3 is 19.9 Å². The van der Waals surface area contributed by atoms with Crippen LogP contribution in [0.1, 0.15) is 34.8 Å². The number of urea groups is 1. The molecule has 30 heavy (non-hydrogen) atoms. The van der Waals surface area contributed by atoms with Crippen molar-refractivity contribution >= 4 is 24.0 Å². The molecule has 8 nitrogen and oxygen atoms in total. The summed E-state index contributed by atoms with van der Waals surface area (Å²) in [4.78, 5) is 36.5. The lowest BCUT2D eigenvalue weighted by atomic mass is 10.1. The van der Waals surface area contributed by atoms with Crippen LogP contribution in [0.25, 0.3) is 6.08 Å². The Morgan fingerprint density at radius 3 is 2.67 bits per heavy atom. The van der Waals surface area contributed by atoms with Crippen LogP contribution < -0.4 is 14.8 Å². The van der Waals surface area contributed by atoms with Gasteiger partial charge in [0.15, 0.2) is 11.5 Å². The third-order valence-electron chi connectivity index (χ3n) is 4.48. The van der Waals surface area contributed by atoms with E-state index in [0.717, 1.165) is 0 Å². The van der Waals surface area contributed by atoms with Crippen molar-refractivity contribution in [1.82, 2.24) is 10.2 Å². The molecule has 0 bridgehead atoms. The van der Waals surface area contributed by atoms with Gasteiger partial charge in [-0.25, -0.2) is 9.59 Å². The number of nitrogens with one attached hydrogen (secondary N) is 1. The van der Waals surface area contributed by atoms with E-state index in [-0.39, 0.29) is 23.8 Å². The lowest BCUT2D eigenvalue weighted by Gasteiger charge is -2.12. The highest BCUT2D eigenvalue weighted by molar-refractivity contribution is 6.13. The summed E-state index contributed by atoms with van der Waals surface area (Å²) in [5.41, 5.74) is 1.76. The first-order valence-corrected chi connectivity index (χ1v) is 9.40. The summed E-state index contributed by atoms with van der Waals surface area (Å²) >= 11 is 0. The normalized spacial score (nSPS) is 14.7. The zero-order chi connectivity index (χ0) is 21.7. The Hall–Kier alpha value is -3.81. The number of carbonyl (C=O) groups is 3. The van der Waals surface area contributed by atoms with E-state index in [1.165, 1.54) is 18.1 Å². The number of aromatic carboxylic acids is 1. The molecule has 0 saturated carbocycles. The Kier molecular flexibility index (Phi) is 6.36. The molecule has 2 N–H and O–H groups in total. The Bertz CT molecular complexity index is 1010. The molecule has 1 aliphatic rings. The molecule has 0 radical (unpaired) electrons. The summed E-state index contributed by atoms with van der Waals surface area (Å²) in [7, 11) is 1.50. The molecule has 0 aliphatic carbocycles. The number of amides is 3. The molecule has 156 valence electrons. The molecular formula is C22H22N2O6. The van der Waals surface area contributed by atoms with E-state index >= 15 is 0 Å². The fourth-order valence-corrected chi connectivity index (χ4v) is 3.01. The van der Waals surface area contributed by atoms with Gasteiger partial charge in [-0.05, 0) is 47.9 Å². The summed E-state index contributed by atoms with van der Waals surface area (Å²) in [5, 5.41) is 11.7. The first-order valence-electron chi connectivity index (χ1n) is 9.40. The van der Waals surface area contributed by atoms with Crippen molar-refractivity contribution in [3.63, 3.8) is 0 Å². The van der Waals surface area contributed by atoms with Gasteiger partial charge in [0, 0.05) is 6.54 Å². The molecule has 3 rings (SSSR count). The van der Waals surface area contributed by atoms with Gasteiger partial charge in [-0.2, -0.15) is 0 Å². The minimum absolute atomic E-state index is 0.165. The molecule has 2 aromatic rings. The maximum Gasteiger partial charge on any atom is 0.335 e. The van der Waals surface area contributed by atoms with E-state index in [1.807, 2.05) is 6.92 Å². The van der Waals surface area contributed by atoms with Crippen molar-refractivity contribution in [2.75, 3.05) is 13.7 Å². The Morgan fingerprint density at radius 1 is 1.17 bits per heavy atom. The average Bonchev–Trinajstić information content (AvgIpc) is 3.00. The highest BCUT2D eigenvalue weighted by atomic mass is 16.5. The van der Waals surface area contributed by atoms with Crippen LogP contribution in [0.15, 0.2) is 48.2 Å². The summed E-state index contributed by atoms with van der Waals surface area (Å²) in [6.07, 6.45) is 2.26. The first-order chi connectivity index (χ1) is 14.4. The van der Waals surface area contributed by atoms with Crippen LogP contribution in [0.5, 0.6) is 11.5 Å². The molecule has 0 atom stereocenters. The molecule has 1 saturated heterocycles. The standard InChI is InChI=1S/C22H22N2O6/c1-3-9-24-20(25)17(23-22(24)28)11-14-7-8-18(19(12-14)29-2)30-13-15-5-4-6-16(10-15)21(26)27/h4-8,10-12H,3,9,13H2,1-2H3,(H,23,28)(H,26,27)/b17-11+. The van der Waals surface area contributed by atoms with E-state index < -0.39 is 12.0 Å². The average molecular weight is 410 g/mol. The molecule has 0 spiro atoms. The van der Waals surface area contributed by atoms with Gasteiger partial charge in [-0.3, -0.25) is 9.69 Å². The number of methoxy groups -OCH3 is 1. The fourth-order valence-electron chi connectivity index (χ4n) is 3.01. The van der Waals surface area contributed by atoms with E-state index in [0.29, 0.717) is 35.6 Å². The van der Waals surface area contributed by atoms with Gasteiger partial charge in [0.1, 0.15) is 12.3 Å². The number of hydrogen-bond acceptors (Lipinski definition) is 5. The Labute approximate surface area is 173 Å². The number of imide groups is 1. The van der Waals surface area contributed by atoms with Crippen molar-refractivity contribution in [2.45, 2.75) is 20.0 Å². The van der Waals surface area contributed by atoms with Gasteiger partial charge in [-0.15, -0.1) is 0 Å². The third-order valence-corrected chi connectivity index (χ3v) is 4.48. The smallest absolute Gasteiger partial charge is 0.335 e. The zero-order valence-corrected chi connectivity index (χ0v) is 16.7. The number of carbonyl (C=O) groups excluding carboxylic acids is 2. The number of rotatable bonds is 8. The van der Waals surface area contributed by atoms with Crippen molar-refractivity contribution in [2.24, 2.45) is 0 Å². The van der Waals surface area contributed by atoms with Crippen molar-refractivity contribution < 1.29 is 29.0 Å². The number of benzene rings is 2. The number of ether oxygens (including phenoxy) is 2. The van der Waals surface area contributed by atoms with Crippen LogP contribution in [-0.2, 0) is 11.4 Å². The SMILES string of the molecule is CCCN1C(=O)N/C(=C/c2ccc(OCc3cccc(C(=O)O)c3)c(OC)c2)C1=O. The van der Waals surface area contributed by atoms with Gasteiger partial charge in [0.05, 0.1) is 12.7 Å². The van der Waals surface area contributed by atoms with Crippen LogP contribution in [0.2, 0.25) is 0 Å². The fraction of sp³-hybridized carbons (Fsp3) is 0.227. The highest BCUT2D eigenvalue weighted by Crippen LogP contribution is 2.30. The highest BCUT2D eigenvalue weighted by Gasteiger charge is 2.32. The number of carboxylic acids is 1. The van der Waals surface area contributed by atoms with Gasteiger partial charge in [0.2, 0.25) is 0 Å².